The molecule has 1 aromatic carbocycles. The minimum absolute atomic E-state index is 0.171. The largest absolute Gasteiger partial charge is 0.396 e. The molecule has 0 amide bonds. The maximum Gasteiger partial charge on any atom is 0.125 e. The maximum atomic E-state index is 13.2. The van der Waals surface area contributed by atoms with E-state index in [4.69, 9.17) is 5.11 Å². The van der Waals surface area contributed by atoms with E-state index in [0.717, 1.165) is 31.7 Å². The lowest BCUT2D eigenvalue weighted by atomic mass is 10.1. The van der Waals surface area contributed by atoms with E-state index in [9.17, 15) is 4.39 Å². The van der Waals surface area contributed by atoms with Gasteiger partial charge < -0.3 is 14.9 Å². The van der Waals surface area contributed by atoms with Gasteiger partial charge in [0.1, 0.15) is 5.82 Å². The van der Waals surface area contributed by atoms with Gasteiger partial charge in [0.25, 0.3) is 0 Å². The molecule has 1 heterocycles. The molecule has 1 fully saturated rings. The van der Waals surface area contributed by atoms with Gasteiger partial charge in [0.2, 0.25) is 0 Å². The summed E-state index contributed by atoms with van der Waals surface area (Å²) in [6.45, 7) is 2.93. The topological polar surface area (TPSA) is 26.7 Å². The number of piperazine rings is 1. The molecular formula is C13H19FN2O. The van der Waals surface area contributed by atoms with Gasteiger partial charge in [0, 0.05) is 38.0 Å². The normalized spacial score (nSPS) is 21.8. The highest BCUT2D eigenvalue weighted by Gasteiger charge is 2.24. The first kappa shape index (κ1) is 12.3. The molecule has 2 rings (SSSR count). The average Bonchev–Trinajstić information content (AvgIpc) is 2.29. The van der Waals surface area contributed by atoms with E-state index in [1.54, 1.807) is 12.1 Å². The summed E-state index contributed by atoms with van der Waals surface area (Å²) in [6.07, 6.45) is 0.723. The molecule has 94 valence electrons. The van der Waals surface area contributed by atoms with E-state index in [-0.39, 0.29) is 18.5 Å². The lowest BCUT2D eigenvalue weighted by molar-refractivity contribution is 0.219. The highest BCUT2D eigenvalue weighted by Crippen LogP contribution is 2.22. The molecule has 3 nitrogen and oxygen atoms in total. The van der Waals surface area contributed by atoms with Gasteiger partial charge in [-0.3, -0.25) is 0 Å². The van der Waals surface area contributed by atoms with Crippen molar-refractivity contribution in [2.45, 2.75) is 12.5 Å². The maximum absolute atomic E-state index is 13.2. The third-order valence-corrected chi connectivity index (χ3v) is 3.29. The van der Waals surface area contributed by atoms with Crippen LogP contribution in [0.4, 0.5) is 10.1 Å². The third-order valence-electron chi connectivity index (χ3n) is 3.29. The van der Waals surface area contributed by atoms with Gasteiger partial charge in [-0.25, -0.2) is 4.39 Å². The Bertz CT molecular complexity index is 372. The van der Waals surface area contributed by atoms with Crippen LogP contribution in [0.1, 0.15) is 6.42 Å². The second-order valence-corrected chi connectivity index (χ2v) is 4.60. The highest BCUT2D eigenvalue weighted by molar-refractivity contribution is 5.48. The van der Waals surface area contributed by atoms with Gasteiger partial charge in [-0.2, -0.15) is 0 Å². The van der Waals surface area contributed by atoms with Crippen LogP contribution in [-0.4, -0.2) is 49.3 Å². The van der Waals surface area contributed by atoms with Gasteiger partial charge in [0.15, 0.2) is 0 Å². The molecule has 1 aliphatic rings. The van der Waals surface area contributed by atoms with Crippen LogP contribution in [0.3, 0.4) is 0 Å². The Kier molecular flexibility index (Phi) is 3.97. The number of aliphatic hydroxyl groups is 1. The minimum Gasteiger partial charge on any atom is -0.396 e. The molecule has 0 aromatic heterocycles. The number of nitrogens with zero attached hydrogens (tertiary/aromatic N) is 2. The van der Waals surface area contributed by atoms with Gasteiger partial charge in [-0.15, -0.1) is 0 Å². The molecule has 1 unspecified atom stereocenters. The second-order valence-electron chi connectivity index (χ2n) is 4.60. The number of hydrogen-bond acceptors (Lipinski definition) is 3. The number of anilines is 1. The molecule has 0 saturated carbocycles. The minimum atomic E-state index is -0.204. The molecule has 17 heavy (non-hydrogen) atoms. The fourth-order valence-corrected chi connectivity index (χ4v) is 2.40. The molecule has 0 radical (unpaired) electrons. The van der Waals surface area contributed by atoms with E-state index < -0.39 is 0 Å². The number of aliphatic hydroxyl groups excluding tert-OH is 1. The molecular weight excluding hydrogens is 219 g/mol. The summed E-state index contributed by atoms with van der Waals surface area (Å²) < 4.78 is 13.2. The van der Waals surface area contributed by atoms with E-state index in [1.165, 1.54) is 6.07 Å². The number of rotatable bonds is 3. The zero-order valence-electron chi connectivity index (χ0n) is 10.1. The molecule has 1 aliphatic heterocycles. The summed E-state index contributed by atoms with van der Waals surface area (Å²) in [5, 5.41) is 9.10. The average molecular weight is 238 g/mol. The van der Waals surface area contributed by atoms with Gasteiger partial charge in [-0.1, -0.05) is 6.07 Å². The summed E-state index contributed by atoms with van der Waals surface area (Å²) in [5.74, 6) is -0.204. The Morgan fingerprint density at radius 1 is 1.41 bits per heavy atom. The smallest absolute Gasteiger partial charge is 0.125 e. The van der Waals surface area contributed by atoms with Crippen molar-refractivity contribution in [3.8, 4) is 0 Å². The fraction of sp³-hybridized carbons (Fsp3) is 0.538. The quantitative estimate of drug-likeness (QED) is 0.860. The van der Waals surface area contributed by atoms with Gasteiger partial charge >= 0.3 is 0 Å². The molecule has 1 N–H and O–H groups in total. The molecule has 1 atom stereocenters. The van der Waals surface area contributed by atoms with Crippen LogP contribution in [0.15, 0.2) is 24.3 Å². The Hall–Kier alpha value is -1.13. The van der Waals surface area contributed by atoms with Crippen molar-refractivity contribution in [2.24, 2.45) is 0 Å². The SMILES string of the molecule is CN1CCN(c2cccc(F)c2)C(CCO)C1. The summed E-state index contributed by atoms with van der Waals surface area (Å²) in [5.41, 5.74) is 0.913. The van der Waals surface area contributed by atoms with Crippen LogP contribution in [0.2, 0.25) is 0 Å². The van der Waals surface area contributed by atoms with E-state index in [2.05, 4.69) is 16.8 Å². The van der Waals surface area contributed by atoms with Crippen LogP contribution in [0.5, 0.6) is 0 Å². The van der Waals surface area contributed by atoms with E-state index >= 15 is 0 Å². The summed E-state index contributed by atoms with van der Waals surface area (Å²) >= 11 is 0. The van der Waals surface area contributed by atoms with Crippen molar-refractivity contribution in [3.05, 3.63) is 30.1 Å². The van der Waals surface area contributed by atoms with Crippen molar-refractivity contribution >= 4 is 5.69 Å². The predicted molar refractivity (Wildman–Crippen MR) is 66.7 cm³/mol. The second kappa shape index (κ2) is 5.47. The van der Waals surface area contributed by atoms with Gasteiger partial charge in [-0.05, 0) is 31.7 Å². The molecule has 0 bridgehead atoms. The summed E-state index contributed by atoms with van der Waals surface area (Å²) in [7, 11) is 2.08. The first-order valence-electron chi connectivity index (χ1n) is 6.02. The third kappa shape index (κ3) is 2.96. The highest BCUT2D eigenvalue weighted by atomic mass is 19.1. The lowest BCUT2D eigenvalue weighted by Gasteiger charge is -2.41. The predicted octanol–water partition coefficient (Wildman–Crippen LogP) is 1.33. The fourth-order valence-electron chi connectivity index (χ4n) is 2.40. The standard InChI is InChI=1S/C13H19FN2O/c1-15-6-7-16(13(10-15)5-8-17)12-4-2-3-11(14)9-12/h2-4,9,13,17H,5-8,10H2,1H3. The Labute approximate surface area is 101 Å². The zero-order valence-corrected chi connectivity index (χ0v) is 10.1. The van der Waals surface area contributed by atoms with E-state index in [0.29, 0.717) is 0 Å². The first-order chi connectivity index (χ1) is 8.20. The number of benzene rings is 1. The van der Waals surface area contributed by atoms with Crippen LogP contribution >= 0.6 is 0 Å². The van der Waals surface area contributed by atoms with Gasteiger partial charge in [0.05, 0.1) is 0 Å². The van der Waals surface area contributed by atoms with Crippen molar-refractivity contribution in [1.29, 1.82) is 0 Å². The molecule has 0 spiro atoms. The van der Waals surface area contributed by atoms with Crippen LogP contribution in [-0.2, 0) is 0 Å². The zero-order chi connectivity index (χ0) is 12.3. The molecule has 1 saturated heterocycles. The van der Waals surface area contributed by atoms with E-state index in [1.807, 2.05) is 6.07 Å². The Morgan fingerprint density at radius 2 is 2.24 bits per heavy atom. The van der Waals surface area contributed by atoms with Crippen molar-refractivity contribution in [3.63, 3.8) is 0 Å². The molecule has 4 heteroatoms. The molecule has 0 aliphatic carbocycles. The van der Waals surface area contributed by atoms with Crippen molar-refractivity contribution < 1.29 is 9.50 Å². The number of hydrogen-bond donors (Lipinski definition) is 1. The van der Waals surface area contributed by atoms with Crippen molar-refractivity contribution in [2.75, 3.05) is 38.2 Å². The van der Waals surface area contributed by atoms with Crippen LogP contribution in [0.25, 0.3) is 0 Å². The Balaban J connectivity index is 2.17. The number of halogens is 1. The Morgan fingerprint density at radius 3 is 2.94 bits per heavy atom. The summed E-state index contributed by atoms with van der Waals surface area (Å²) in [6, 6.07) is 6.95. The van der Waals surface area contributed by atoms with Crippen LogP contribution < -0.4 is 4.90 Å². The summed E-state index contributed by atoms with van der Waals surface area (Å²) in [4.78, 5) is 4.44. The first-order valence-corrected chi connectivity index (χ1v) is 6.02. The monoisotopic (exact) mass is 238 g/mol. The van der Waals surface area contributed by atoms with Crippen LogP contribution in [0, 0.1) is 5.82 Å². The number of likely N-dealkylation sites (N-methyl/N-ethyl adjacent to an activating group) is 1. The molecule has 1 aromatic rings. The lowest BCUT2D eigenvalue weighted by Crippen LogP contribution is -2.52. The van der Waals surface area contributed by atoms with Crippen molar-refractivity contribution in [1.82, 2.24) is 4.90 Å².